The van der Waals surface area contributed by atoms with Crippen molar-refractivity contribution in [3.8, 4) is 0 Å². The first-order chi connectivity index (χ1) is 11.6. The summed E-state index contributed by atoms with van der Waals surface area (Å²) in [6.45, 7) is 6.17. The number of rotatable bonds is 11. The molecule has 7 heteroatoms. The van der Waals surface area contributed by atoms with Gasteiger partial charge in [0.15, 0.2) is 5.96 Å². The molecule has 1 rings (SSSR count). The maximum Gasteiger partial charge on any atom is 0.243 e. The van der Waals surface area contributed by atoms with Crippen LogP contribution in [0, 0.1) is 0 Å². The van der Waals surface area contributed by atoms with Crippen LogP contribution in [-0.4, -0.2) is 76.4 Å². The average molecular weight is 342 g/mol. The van der Waals surface area contributed by atoms with Crippen LogP contribution in [0.15, 0.2) is 4.99 Å². The molecule has 24 heavy (non-hydrogen) atoms. The largest absolute Gasteiger partial charge is 0.381 e. The van der Waals surface area contributed by atoms with E-state index in [2.05, 4.69) is 22.5 Å². The molecule has 0 aromatic carbocycles. The van der Waals surface area contributed by atoms with Crippen LogP contribution in [-0.2, 0) is 14.3 Å². The number of amides is 1. The lowest BCUT2D eigenvalue weighted by Crippen LogP contribution is -2.42. The first-order valence-corrected chi connectivity index (χ1v) is 9.05. The van der Waals surface area contributed by atoms with Crippen LogP contribution >= 0.6 is 0 Å². The number of unbranched alkanes of at least 4 members (excludes halogenated alkanes) is 1. The normalized spacial score (nSPS) is 17.8. The van der Waals surface area contributed by atoms with Crippen molar-refractivity contribution in [3.63, 3.8) is 0 Å². The van der Waals surface area contributed by atoms with Gasteiger partial charge in [0.05, 0.1) is 6.10 Å². The third kappa shape index (κ3) is 9.72. The summed E-state index contributed by atoms with van der Waals surface area (Å²) in [5.74, 6) is 0.644. The molecule has 0 spiro atoms. The summed E-state index contributed by atoms with van der Waals surface area (Å²) in [4.78, 5) is 17.6. The number of aliphatic imine (C=N–C) groups is 1. The molecule has 0 bridgehead atoms. The van der Waals surface area contributed by atoms with Crippen LogP contribution in [0.25, 0.3) is 0 Å². The predicted molar refractivity (Wildman–Crippen MR) is 96.3 cm³/mol. The van der Waals surface area contributed by atoms with Crippen LogP contribution in [0.5, 0.6) is 0 Å². The zero-order chi connectivity index (χ0) is 17.6. The minimum absolute atomic E-state index is 0.0175. The van der Waals surface area contributed by atoms with E-state index >= 15 is 0 Å². The monoisotopic (exact) mass is 342 g/mol. The molecule has 1 atom stereocenters. The standard InChI is InChI=1S/C17H34N4O3/c1-4-5-10-23-11-7-9-18-17(20-14-16(22)21(2)3)19-13-15-8-6-12-24-15/h15H,4-14H2,1-3H3,(H2,18,19,20). The SMILES string of the molecule is CCCCOCCCNC(=NCC(=O)N(C)C)NCC1CCCO1. The molecule has 0 saturated carbocycles. The summed E-state index contributed by atoms with van der Waals surface area (Å²) in [6, 6.07) is 0. The third-order valence-electron chi connectivity index (χ3n) is 3.79. The summed E-state index contributed by atoms with van der Waals surface area (Å²) in [6.07, 6.45) is 5.59. The molecule has 0 aromatic rings. The van der Waals surface area contributed by atoms with E-state index in [-0.39, 0.29) is 18.6 Å². The van der Waals surface area contributed by atoms with Gasteiger partial charge < -0.3 is 25.0 Å². The van der Waals surface area contributed by atoms with E-state index in [9.17, 15) is 4.79 Å². The Kier molecular flexibility index (Phi) is 11.2. The number of guanidine groups is 1. The summed E-state index contributed by atoms with van der Waals surface area (Å²) in [5, 5.41) is 6.53. The molecular formula is C17H34N4O3. The van der Waals surface area contributed by atoms with Gasteiger partial charge in [-0.25, -0.2) is 4.99 Å². The molecule has 1 saturated heterocycles. The molecule has 140 valence electrons. The van der Waals surface area contributed by atoms with Gasteiger partial charge >= 0.3 is 0 Å². The van der Waals surface area contributed by atoms with Crippen LogP contribution in [0.3, 0.4) is 0 Å². The second-order valence-electron chi connectivity index (χ2n) is 6.22. The quantitative estimate of drug-likeness (QED) is 0.333. The van der Waals surface area contributed by atoms with Crippen molar-refractivity contribution in [2.24, 2.45) is 4.99 Å². The zero-order valence-electron chi connectivity index (χ0n) is 15.5. The molecule has 1 unspecified atom stereocenters. The van der Waals surface area contributed by atoms with E-state index in [1.165, 1.54) is 0 Å². The van der Waals surface area contributed by atoms with Crippen LogP contribution in [0.4, 0.5) is 0 Å². The molecule has 0 aliphatic carbocycles. The molecule has 1 amide bonds. The number of carbonyl (C=O) groups excluding carboxylic acids is 1. The second kappa shape index (κ2) is 13.0. The van der Waals surface area contributed by atoms with Crippen molar-refractivity contribution in [1.29, 1.82) is 0 Å². The van der Waals surface area contributed by atoms with Gasteiger partial charge in [-0.3, -0.25) is 4.79 Å². The maximum absolute atomic E-state index is 11.7. The van der Waals surface area contributed by atoms with E-state index in [1.54, 1.807) is 19.0 Å². The Labute approximate surface area is 146 Å². The fourth-order valence-corrected chi connectivity index (χ4v) is 2.21. The van der Waals surface area contributed by atoms with Gasteiger partial charge in [0, 0.05) is 47.0 Å². The first-order valence-electron chi connectivity index (χ1n) is 9.05. The predicted octanol–water partition coefficient (Wildman–Crippen LogP) is 0.996. The highest BCUT2D eigenvalue weighted by Crippen LogP contribution is 2.10. The Morgan fingerprint density at radius 2 is 2.08 bits per heavy atom. The Morgan fingerprint density at radius 1 is 1.29 bits per heavy atom. The van der Waals surface area contributed by atoms with Gasteiger partial charge in [0.1, 0.15) is 6.54 Å². The average Bonchev–Trinajstić information content (AvgIpc) is 3.08. The fraction of sp³-hybridized carbons (Fsp3) is 0.882. The number of nitrogens with zero attached hydrogens (tertiary/aromatic N) is 2. The van der Waals surface area contributed by atoms with Crippen LogP contribution in [0.1, 0.15) is 39.0 Å². The molecule has 7 nitrogen and oxygen atoms in total. The lowest BCUT2D eigenvalue weighted by Gasteiger charge is -2.16. The maximum atomic E-state index is 11.7. The van der Waals surface area contributed by atoms with E-state index in [0.717, 1.165) is 65.0 Å². The van der Waals surface area contributed by atoms with Crippen LogP contribution < -0.4 is 10.6 Å². The summed E-state index contributed by atoms with van der Waals surface area (Å²) >= 11 is 0. The lowest BCUT2D eigenvalue weighted by molar-refractivity contribution is -0.127. The van der Waals surface area contributed by atoms with E-state index in [1.807, 2.05) is 0 Å². The highest BCUT2D eigenvalue weighted by molar-refractivity contribution is 5.84. The van der Waals surface area contributed by atoms with Gasteiger partial charge in [0.2, 0.25) is 5.91 Å². The molecule has 1 fully saturated rings. The summed E-state index contributed by atoms with van der Waals surface area (Å²) < 4.78 is 11.2. The van der Waals surface area contributed by atoms with E-state index in [0.29, 0.717) is 5.96 Å². The molecule has 1 aliphatic rings. The first kappa shape index (κ1) is 20.7. The van der Waals surface area contributed by atoms with Gasteiger partial charge in [0.25, 0.3) is 0 Å². The number of likely N-dealkylation sites (N-methyl/N-ethyl adjacent to an activating group) is 1. The molecule has 1 aliphatic heterocycles. The zero-order valence-corrected chi connectivity index (χ0v) is 15.5. The van der Waals surface area contributed by atoms with Crippen molar-refractivity contribution in [1.82, 2.24) is 15.5 Å². The van der Waals surface area contributed by atoms with Crippen molar-refractivity contribution < 1.29 is 14.3 Å². The molecule has 1 heterocycles. The molecular weight excluding hydrogens is 308 g/mol. The highest BCUT2D eigenvalue weighted by atomic mass is 16.5. The second-order valence-corrected chi connectivity index (χ2v) is 6.22. The highest BCUT2D eigenvalue weighted by Gasteiger charge is 2.15. The number of carbonyl (C=O) groups is 1. The van der Waals surface area contributed by atoms with Gasteiger partial charge in [-0.05, 0) is 25.7 Å². The van der Waals surface area contributed by atoms with Gasteiger partial charge in [-0.2, -0.15) is 0 Å². The smallest absolute Gasteiger partial charge is 0.243 e. The summed E-state index contributed by atoms with van der Waals surface area (Å²) in [5.41, 5.74) is 0. The van der Waals surface area contributed by atoms with E-state index < -0.39 is 0 Å². The molecule has 0 radical (unpaired) electrons. The van der Waals surface area contributed by atoms with Gasteiger partial charge in [-0.15, -0.1) is 0 Å². The topological polar surface area (TPSA) is 75.2 Å². The third-order valence-corrected chi connectivity index (χ3v) is 3.79. The van der Waals surface area contributed by atoms with E-state index in [4.69, 9.17) is 9.47 Å². The van der Waals surface area contributed by atoms with Gasteiger partial charge in [-0.1, -0.05) is 13.3 Å². The Hall–Kier alpha value is -1.34. The van der Waals surface area contributed by atoms with Crippen molar-refractivity contribution >= 4 is 11.9 Å². The lowest BCUT2D eigenvalue weighted by atomic mass is 10.2. The minimum atomic E-state index is -0.0175. The number of ether oxygens (including phenoxy) is 2. The van der Waals surface area contributed by atoms with Crippen molar-refractivity contribution in [3.05, 3.63) is 0 Å². The van der Waals surface area contributed by atoms with Crippen molar-refractivity contribution in [2.45, 2.75) is 45.1 Å². The summed E-state index contributed by atoms with van der Waals surface area (Å²) in [7, 11) is 3.47. The number of hydrogen-bond acceptors (Lipinski definition) is 4. The Bertz CT molecular complexity index is 369. The fourth-order valence-electron chi connectivity index (χ4n) is 2.21. The number of nitrogens with one attached hydrogen (secondary N) is 2. The molecule has 0 aromatic heterocycles. The Balaban J connectivity index is 2.30. The van der Waals surface area contributed by atoms with Crippen molar-refractivity contribution in [2.75, 3.05) is 53.6 Å². The molecule has 2 N–H and O–H groups in total. The minimum Gasteiger partial charge on any atom is -0.381 e. The Morgan fingerprint density at radius 3 is 2.75 bits per heavy atom. The van der Waals surface area contributed by atoms with Crippen LogP contribution in [0.2, 0.25) is 0 Å². The number of hydrogen-bond donors (Lipinski definition) is 2.